The lowest BCUT2D eigenvalue weighted by Crippen LogP contribution is -2.13. The number of nitrogens with one attached hydrogen (secondary N) is 1. The van der Waals surface area contributed by atoms with Crippen molar-refractivity contribution in [1.82, 2.24) is 14.8 Å². The fourth-order valence-corrected chi connectivity index (χ4v) is 2.67. The molecule has 0 bridgehead atoms. The highest BCUT2D eigenvalue weighted by Gasteiger charge is 2.17. The van der Waals surface area contributed by atoms with Crippen molar-refractivity contribution in [2.45, 2.75) is 18.4 Å². The summed E-state index contributed by atoms with van der Waals surface area (Å²) in [5, 5.41) is 12.6. The Bertz CT molecular complexity index is 714. The number of aliphatic hydroxyl groups excluding tert-OH is 1. The Hall–Kier alpha value is -1.45. The smallest absolute Gasteiger partial charge is 0.266 e. The molecular formula is C11H13BrN4O3S. The highest BCUT2D eigenvalue weighted by Crippen LogP contribution is 2.19. The van der Waals surface area contributed by atoms with Gasteiger partial charge in [0.25, 0.3) is 10.0 Å². The van der Waals surface area contributed by atoms with Gasteiger partial charge in [0.2, 0.25) is 0 Å². The molecule has 0 fully saturated rings. The van der Waals surface area contributed by atoms with Crippen LogP contribution in [0, 0.1) is 6.92 Å². The van der Waals surface area contributed by atoms with E-state index in [1.54, 1.807) is 6.07 Å². The average Bonchev–Trinajstić information content (AvgIpc) is 2.83. The minimum Gasteiger partial charge on any atom is -0.394 e. The molecule has 0 atom stereocenters. The third-order valence-corrected chi connectivity index (χ3v) is 4.67. The van der Waals surface area contributed by atoms with Gasteiger partial charge in [0.05, 0.1) is 19.3 Å². The van der Waals surface area contributed by atoms with Gasteiger partial charge in [-0.3, -0.25) is 9.40 Å². The molecule has 2 rings (SSSR count). The van der Waals surface area contributed by atoms with Crippen LogP contribution in [0.3, 0.4) is 0 Å². The van der Waals surface area contributed by atoms with Crippen LogP contribution in [-0.4, -0.2) is 34.9 Å². The molecule has 108 valence electrons. The Balaban J connectivity index is 2.23. The van der Waals surface area contributed by atoms with Crippen molar-refractivity contribution in [3.05, 3.63) is 34.7 Å². The van der Waals surface area contributed by atoms with Crippen LogP contribution in [0.4, 0.5) is 5.82 Å². The predicted octanol–water partition coefficient (Wildman–Crippen LogP) is 1.14. The highest BCUT2D eigenvalue weighted by molar-refractivity contribution is 9.10. The van der Waals surface area contributed by atoms with E-state index in [1.165, 1.54) is 23.3 Å². The summed E-state index contributed by atoms with van der Waals surface area (Å²) >= 11 is 3.30. The summed E-state index contributed by atoms with van der Waals surface area (Å²) in [7, 11) is -3.73. The maximum absolute atomic E-state index is 12.1. The maximum Gasteiger partial charge on any atom is 0.266 e. The zero-order chi connectivity index (χ0) is 14.8. The van der Waals surface area contributed by atoms with Gasteiger partial charge >= 0.3 is 0 Å². The van der Waals surface area contributed by atoms with E-state index in [0.717, 1.165) is 10.0 Å². The van der Waals surface area contributed by atoms with Gasteiger partial charge in [0.15, 0.2) is 0 Å². The number of aromatic nitrogens is 3. The number of halogens is 1. The molecule has 0 saturated heterocycles. The number of anilines is 1. The number of hydrogen-bond acceptors (Lipinski definition) is 5. The number of nitrogens with zero attached hydrogens (tertiary/aromatic N) is 3. The molecule has 7 nitrogen and oxygen atoms in total. The molecule has 0 aliphatic heterocycles. The van der Waals surface area contributed by atoms with Crippen molar-refractivity contribution in [1.29, 1.82) is 0 Å². The first-order chi connectivity index (χ1) is 9.42. The molecule has 0 unspecified atom stereocenters. The summed E-state index contributed by atoms with van der Waals surface area (Å²) in [4.78, 5) is 4.01. The highest BCUT2D eigenvalue weighted by atomic mass is 79.9. The van der Waals surface area contributed by atoms with Crippen LogP contribution in [0.2, 0.25) is 0 Å². The van der Waals surface area contributed by atoms with Gasteiger partial charge in [-0.05, 0) is 34.5 Å². The SMILES string of the molecule is Cc1cc(NS(=O)(=O)c2cnn(CCO)c2)ncc1Br. The van der Waals surface area contributed by atoms with Crippen LogP contribution in [0.5, 0.6) is 0 Å². The predicted molar refractivity (Wildman–Crippen MR) is 76.8 cm³/mol. The minimum absolute atomic E-state index is 0.0216. The second kappa shape index (κ2) is 5.90. The van der Waals surface area contributed by atoms with Gasteiger partial charge in [0.1, 0.15) is 10.7 Å². The van der Waals surface area contributed by atoms with Crippen molar-refractivity contribution < 1.29 is 13.5 Å². The Kier molecular flexibility index (Phi) is 4.41. The lowest BCUT2D eigenvalue weighted by atomic mass is 10.3. The summed E-state index contributed by atoms with van der Waals surface area (Å²) in [6.45, 7) is 1.97. The topological polar surface area (TPSA) is 97.1 Å². The van der Waals surface area contributed by atoms with E-state index in [2.05, 4.69) is 30.7 Å². The van der Waals surface area contributed by atoms with E-state index in [0.29, 0.717) is 0 Å². The molecule has 2 heterocycles. The summed E-state index contributed by atoms with van der Waals surface area (Å²) in [6, 6.07) is 1.62. The first-order valence-electron chi connectivity index (χ1n) is 5.70. The molecule has 0 saturated carbocycles. The first kappa shape index (κ1) is 14.9. The lowest BCUT2D eigenvalue weighted by molar-refractivity contribution is 0.269. The van der Waals surface area contributed by atoms with E-state index in [4.69, 9.17) is 5.11 Å². The summed E-state index contributed by atoms with van der Waals surface area (Å²) in [5.41, 5.74) is 0.869. The molecule has 2 aromatic rings. The molecule has 2 aromatic heterocycles. The number of sulfonamides is 1. The Labute approximate surface area is 124 Å². The summed E-state index contributed by atoms with van der Waals surface area (Å²) in [6.07, 6.45) is 4.11. The second-order valence-corrected chi connectivity index (χ2v) is 6.62. The second-order valence-electron chi connectivity index (χ2n) is 4.09. The van der Waals surface area contributed by atoms with Gasteiger partial charge in [-0.25, -0.2) is 13.4 Å². The number of aliphatic hydroxyl groups is 1. The van der Waals surface area contributed by atoms with Crippen molar-refractivity contribution in [3.8, 4) is 0 Å². The van der Waals surface area contributed by atoms with Crippen LogP contribution in [0.25, 0.3) is 0 Å². The fraction of sp³-hybridized carbons (Fsp3) is 0.273. The van der Waals surface area contributed by atoms with Crippen molar-refractivity contribution >= 4 is 31.8 Å². The quantitative estimate of drug-likeness (QED) is 0.833. The zero-order valence-corrected chi connectivity index (χ0v) is 13.0. The zero-order valence-electron chi connectivity index (χ0n) is 10.6. The van der Waals surface area contributed by atoms with Gasteiger partial charge in [-0.1, -0.05) is 0 Å². The average molecular weight is 361 g/mol. The number of hydrogen-bond donors (Lipinski definition) is 2. The van der Waals surface area contributed by atoms with E-state index in [-0.39, 0.29) is 23.9 Å². The fourth-order valence-electron chi connectivity index (χ4n) is 1.50. The van der Waals surface area contributed by atoms with Gasteiger partial charge in [0, 0.05) is 16.9 Å². The number of rotatable bonds is 5. The molecule has 0 aliphatic carbocycles. The van der Waals surface area contributed by atoms with Crippen molar-refractivity contribution in [2.24, 2.45) is 0 Å². The molecule has 20 heavy (non-hydrogen) atoms. The molecule has 9 heteroatoms. The van der Waals surface area contributed by atoms with Crippen molar-refractivity contribution in [2.75, 3.05) is 11.3 Å². The Morgan fingerprint density at radius 3 is 2.85 bits per heavy atom. The minimum atomic E-state index is -3.73. The van der Waals surface area contributed by atoms with E-state index in [9.17, 15) is 8.42 Å². The molecule has 2 N–H and O–H groups in total. The molecular weight excluding hydrogens is 348 g/mol. The molecule has 0 radical (unpaired) electrons. The summed E-state index contributed by atoms with van der Waals surface area (Å²) < 4.78 is 28.8. The first-order valence-corrected chi connectivity index (χ1v) is 7.98. The van der Waals surface area contributed by atoms with Crippen LogP contribution in [0.15, 0.2) is 34.0 Å². The molecule has 0 aromatic carbocycles. The van der Waals surface area contributed by atoms with Gasteiger partial charge < -0.3 is 5.11 Å². The standard InChI is InChI=1S/C11H13BrN4O3S/c1-8-4-11(13-6-10(8)12)15-20(18,19)9-5-14-16(7-9)2-3-17/h4-7,17H,2-3H2,1H3,(H,13,15). The normalized spacial score (nSPS) is 11.6. The number of pyridine rings is 1. The number of aryl methyl sites for hydroxylation is 1. The largest absolute Gasteiger partial charge is 0.394 e. The van der Waals surface area contributed by atoms with Crippen LogP contribution in [-0.2, 0) is 16.6 Å². The summed E-state index contributed by atoms with van der Waals surface area (Å²) in [5.74, 6) is 0.237. The van der Waals surface area contributed by atoms with Gasteiger partial charge in [-0.2, -0.15) is 5.10 Å². The Morgan fingerprint density at radius 1 is 1.45 bits per heavy atom. The third-order valence-electron chi connectivity index (χ3n) is 2.53. The van der Waals surface area contributed by atoms with Crippen LogP contribution in [0.1, 0.15) is 5.56 Å². The van der Waals surface area contributed by atoms with Crippen LogP contribution < -0.4 is 4.72 Å². The molecule has 0 spiro atoms. The van der Waals surface area contributed by atoms with Crippen LogP contribution >= 0.6 is 15.9 Å². The third kappa shape index (κ3) is 3.35. The van der Waals surface area contributed by atoms with Crippen molar-refractivity contribution in [3.63, 3.8) is 0 Å². The monoisotopic (exact) mass is 360 g/mol. The van der Waals surface area contributed by atoms with E-state index < -0.39 is 10.0 Å². The van der Waals surface area contributed by atoms with E-state index in [1.807, 2.05) is 6.92 Å². The molecule has 0 amide bonds. The Morgan fingerprint density at radius 2 is 2.20 bits per heavy atom. The van der Waals surface area contributed by atoms with E-state index >= 15 is 0 Å². The lowest BCUT2D eigenvalue weighted by Gasteiger charge is -2.06. The van der Waals surface area contributed by atoms with Gasteiger partial charge in [-0.15, -0.1) is 0 Å². The molecule has 0 aliphatic rings. The maximum atomic E-state index is 12.1.